The van der Waals surface area contributed by atoms with Crippen molar-refractivity contribution in [1.82, 2.24) is 14.5 Å². The summed E-state index contributed by atoms with van der Waals surface area (Å²) in [6, 6.07) is 9.66. The Labute approximate surface area is 117 Å². The fourth-order valence-electron chi connectivity index (χ4n) is 2.22. The zero-order chi connectivity index (χ0) is 14.1. The fourth-order valence-corrected chi connectivity index (χ4v) is 2.22. The van der Waals surface area contributed by atoms with E-state index in [1.807, 2.05) is 48.7 Å². The molecule has 0 saturated heterocycles. The van der Waals surface area contributed by atoms with Crippen LogP contribution in [0.25, 0.3) is 16.9 Å². The molecule has 3 rings (SSSR count). The number of nitrogens with two attached hydrogens (primary N) is 1. The molecule has 2 aromatic heterocycles. The van der Waals surface area contributed by atoms with Gasteiger partial charge in [-0.05, 0) is 49.7 Å². The lowest BCUT2D eigenvalue weighted by molar-refractivity contribution is 0.340. The summed E-state index contributed by atoms with van der Waals surface area (Å²) in [5.41, 5.74) is 9.62. The molecule has 0 spiro atoms. The summed E-state index contributed by atoms with van der Waals surface area (Å²) in [5, 5.41) is 0. The van der Waals surface area contributed by atoms with E-state index in [2.05, 4.69) is 9.97 Å². The van der Waals surface area contributed by atoms with E-state index >= 15 is 0 Å². The van der Waals surface area contributed by atoms with Crippen molar-refractivity contribution in [3.63, 3.8) is 0 Å². The molecule has 0 saturated carbocycles. The van der Waals surface area contributed by atoms with Gasteiger partial charge in [-0.2, -0.15) is 0 Å². The number of nitrogen functional groups attached to an aromatic ring is 1. The standard InChI is InChI=1S/C15H16N4O/c1-3-20-12-6-4-11(5-7-12)19-14-13(18-15(19)16)10(2)8-9-17-14/h4-9H,3H2,1-2H3,(H2,16,18). The third-order valence-corrected chi connectivity index (χ3v) is 3.18. The number of pyridine rings is 1. The number of hydrogen-bond donors (Lipinski definition) is 1. The van der Waals surface area contributed by atoms with Crippen LogP contribution >= 0.6 is 0 Å². The number of fused-ring (bicyclic) bond motifs is 1. The van der Waals surface area contributed by atoms with E-state index in [9.17, 15) is 0 Å². The minimum absolute atomic E-state index is 0.436. The molecule has 0 amide bonds. The van der Waals surface area contributed by atoms with Crippen molar-refractivity contribution in [2.24, 2.45) is 0 Å². The van der Waals surface area contributed by atoms with Crippen LogP contribution in [0.3, 0.4) is 0 Å². The highest BCUT2D eigenvalue weighted by Crippen LogP contribution is 2.24. The van der Waals surface area contributed by atoms with E-state index < -0.39 is 0 Å². The van der Waals surface area contributed by atoms with Gasteiger partial charge in [-0.3, -0.25) is 4.57 Å². The number of benzene rings is 1. The maximum Gasteiger partial charge on any atom is 0.207 e. The van der Waals surface area contributed by atoms with Gasteiger partial charge in [0.05, 0.1) is 12.3 Å². The Morgan fingerprint density at radius 3 is 2.65 bits per heavy atom. The molecular formula is C15H16N4O. The number of imidazole rings is 1. The third-order valence-electron chi connectivity index (χ3n) is 3.18. The molecule has 102 valence electrons. The van der Waals surface area contributed by atoms with Crippen LogP contribution in [-0.2, 0) is 0 Å². The lowest BCUT2D eigenvalue weighted by atomic mass is 10.2. The first-order valence-electron chi connectivity index (χ1n) is 6.53. The van der Waals surface area contributed by atoms with Crippen molar-refractivity contribution in [3.8, 4) is 11.4 Å². The van der Waals surface area contributed by atoms with Gasteiger partial charge in [0.25, 0.3) is 0 Å². The van der Waals surface area contributed by atoms with E-state index in [-0.39, 0.29) is 0 Å². The van der Waals surface area contributed by atoms with Crippen LogP contribution in [0.2, 0.25) is 0 Å². The number of rotatable bonds is 3. The second kappa shape index (κ2) is 4.85. The zero-order valence-corrected chi connectivity index (χ0v) is 11.5. The minimum Gasteiger partial charge on any atom is -0.494 e. The van der Waals surface area contributed by atoms with Gasteiger partial charge < -0.3 is 10.5 Å². The smallest absolute Gasteiger partial charge is 0.207 e. The first kappa shape index (κ1) is 12.5. The first-order chi connectivity index (χ1) is 9.70. The van der Waals surface area contributed by atoms with Gasteiger partial charge in [0.15, 0.2) is 5.65 Å². The Bertz CT molecular complexity index is 746. The lowest BCUT2D eigenvalue weighted by Gasteiger charge is -2.07. The molecule has 20 heavy (non-hydrogen) atoms. The van der Waals surface area contributed by atoms with Gasteiger partial charge in [0.2, 0.25) is 5.95 Å². The van der Waals surface area contributed by atoms with Crippen LogP contribution in [0.15, 0.2) is 36.5 Å². The molecule has 2 N–H and O–H groups in total. The first-order valence-corrected chi connectivity index (χ1v) is 6.53. The van der Waals surface area contributed by atoms with Gasteiger partial charge in [0.1, 0.15) is 11.3 Å². The van der Waals surface area contributed by atoms with Gasteiger partial charge in [-0.25, -0.2) is 9.97 Å². The van der Waals surface area contributed by atoms with E-state index in [4.69, 9.17) is 10.5 Å². The average molecular weight is 268 g/mol. The van der Waals surface area contributed by atoms with Crippen LogP contribution in [0, 0.1) is 6.92 Å². The highest BCUT2D eigenvalue weighted by atomic mass is 16.5. The van der Waals surface area contributed by atoms with Crippen LogP contribution in [0.4, 0.5) is 5.95 Å². The summed E-state index contributed by atoms with van der Waals surface area (Å²) >= 11 is 0. The SMILES string of the molecule is CCOc1ccc(-n2c(N)nc3c(C)ccnc32)cc1. The number of aryl methyl sites for hydroxylation is 1. The van der Waals surface area contributed by atoms with E-state index in [0.717, 1.165) is 28.2 Å². The van der Waals surface area contributed by atoms with Gasteiger partial charge in [-0.1, -0.05) is 0 Å². The number of hydrogen-bond acceptors (Lipinski definition) is 4. The van der Waals surface area contributed by atoms with Gasteiger partial charge >= 0.3 is 0 Å². The Kier molecular flexibility index (Phi) is 3.02. The molecule has 0 atom stereocenters. The Morgan fingerprint density at radius 2 is 1.95 bits per heavy atom. The van der Waals surface area contributed by atoms with Crippen molar-refractivity contribution in [2.75, 3.05) is 12.3 Å². The Morgan fingerprint density at radius 1 is 1.20 bits per heavy atom. The predicted molar refractivity (Wildman–Crippen MR) is 79.2 cm³/mol. The quantitative estimate of drug-likeness (QED) is 0.793. The zero-order valence-electron chi connectivity index (χ0n) is 11.5. The van der Waals surface area contributed by atoms with Crippen molar-refractivity contribution in [2.45, 2.75) is 13.8 Å². The number of anilines is 1. The molecule has 2 heterocycles. The molecule has 3 aromatic rings. The van der Waals surface area contributed by atoms with Crippen LogP contribution in [-0.4, -0.2) is 21.1 Å². The van der Waals surface area contributed by atoms with Crippen molar-refractivity contribution in [1.29, 1.82) is 0 Å². The summed E-state index contributed by atoms with van der Waals surface area (Å²) in [6.07, 6.45) is 1.77. The topological polar surface area (TPSA) is 66.0 Å². The second-order valence-electron chi connectivity index (χ2n) is 4.53. The summed E-state index contributed by atoms with van der Waals surface area (Å²) in [5.74, 6) is 1.27. The number of nitrogens with zero attached hydrogens (tertiary/aromatic N) is 3. The van der Waals surface area contributed by atoms with Gasteiger partial charge in [-0.15, -0.1) is 0 Å². The predicted octanol–water partition coefficient (Wildman–Crippen LogP) is 2.71. The lowest BCUT2D eigenvalue weighted by Crippen LogP contribution is -2.01. The van der Waals surface area contributed by atoms with E-state index in [0.29, 0.717) is 12.6 Å². The minimum atomic E-state index is 0.436. The van der Waals surface area contributed by atoms with Crippen molar-refractivity contribution in [3.05, 3.63) is 42.1 Å². The summed E-state index contributed by atoms with van der Waals surface area (Å²) < 4.78 is 7.29. The van der Waals surface area contributed by atoms with Crippen LogP contribution < -0.4 is 10.5 Å². The van der Waals surface area contributed by atoms with Crippen molar-refractivity contribution < 1.29 is 4.74 Å². The molecule has 0 aliphatic rings. The molecule has 1 aromatic carbocycles. The molecule has 5 heteroatoms. The molecule has 0 aliphatic heterocycles. The highest BCUT2D eigenvalue weighted by Gasteiger charge is 2.12. The normalized spacial score (nSPS) is 10.9. The highest BCUT2D eigenvalue weighted by molar-refractivity contribution is 5.79. The number of ether oxygens (including phenoxy) is 1. The Balaban J connectivity index is 2.14. The second-order valence-corrected chi connectivity index (χ2v) is 4.53. The summed E-state index contributed by atoms with van der Waals surface area (Å²) in [6.45, 7) is 4.61. The third kappa shape index (κ3) is 1.97. The van der Waals surface area contributed by atoms with Gasteiger partial charge in [0, 0.05) is 6.20 Å². The molecule has 0 unspecified atom stereocenters. The maximum atomic E-state index is 6.03. The Hall–Kier alpha value is -2.56. The van der Waals surface area contributed by atoms with E-state index in [1.54, 1.807) is 6.20 Å². The average Bonchev–Trinajstić information content (AvgIpc) is 2.78. The van der Waals surface area contributed by atoms with Crippen LogP contribution in [0.1, 0.15) is 12.5 Å². The summed E-state index contributed by atoms with van der Waals surface area (Å²) in [4.78, 5) is 8.78. The molecule has 0 fully saturated rings. The molecule has 0 bridgehead atoms. The molecule has 0 aliphatic carbocycles. The maximum absolute atomic E-state index is 6.03. The molecule has 0 radical (unpaired) electrons. The van der Waals surface area contributed by atoms with E-state index in [1.165, 1.54) is 0 Å². The van der Waals surface area contributed by atoms with Crippen molar-refractivity contribution >= 4 is 17.1 Å². The largest absolute Gasteiger partial charge is 0.494 e. The molecular weight excluding hydrogens is 252 g/mol. The molecule has 5 nitrogen and oxygen atoms in total. The summed E-state index contributed by atoms with van der Waals surface area (Å²) in [7, 11) is 0. The number of aromatic nitrogens is 3. The monoisotopic (exact) mass is 268 g/mol. The fraction of sp³-hybridized carbons (Fsp3) is 0.200. The van der Waals surface area contributed by atoms with Crippen LogP contribution in [0.5, 0.6) is 5.75 Å².